The average Bonchev–Trinajstić information content (AvgIpc) is 2.74. The molecule has 1 heterocycles. The molecule has 0 aromatic heterocycles. The summed E-state index contributed by atoms with van der Waals surface area (Å²) in [5.41, 5.74) is 0.998. The zero-order valence-corrected chi connectivity index (χ0v) is 9.93. The largest absolute Gasteiger partial charge is 0.380 e. The molecule has 0 bridgehead atoms. The molecule has 0 amide bonds. The fraction of sp³-hybridized carbons (Fsp3) is 0.500. The van der Waals surface area contributed by atoms with Gasteiger partial charge in [0.25, 0.3) is 0 Å². The Labute approximate surface area is 99.7 Å². The zero-order chi connectivity index (χ0) is 11.5. The molecular formula is C12H15ClFNO. The zero-order valence-electron chi connectivity index (χ0n) is 9.17. The number of hydrogen-bond donors (Lipinski definition) is 1. The Kier molecular flexibility index (Phi) is 3.79. The van der Waals surface area contributed by atoms with Crippen LogP contribution in [0.1, 0.15) is 24.9 Å². The first-order valence-electron chi connectivity index (χ1n) is 5.45. The highest BCUT2D eigenvalue weighted by Crippen LogP contribution is 2.21. The molecule has 2 nitrogen and oxygen atoms in total. The van der Waals surface area contributed by atoms with E-state index in [1.54, 1.807) is 12.1 Å². The molecule has 1 aliphatic heterocycles. The molecule has 1 fully saturated rings. The van der Waals surface area contributed by atoms with E-state index in [4.69, 9.17) is 16.3 Å². The first-order chi connectivity index (χ1) is 7.66. The van der Waals surface area contributed by atoms with Crippen molar-refractivity contribution in [1.82, 2.24) is 5.32 Å². The molecule has 1 saturated heterocycles. The third kappa shape index (κ3) is 2.73. The molecule has 0 spiro atoms. The topological polar surface area (TPSA) is 21.3 Å². The van der Waals surface area contributed by atoms with Gasteiger partial charge in [0.05, 0.1) is 11.6 Å². The van der Waals surface area contributed by atoms with Crippen LogP contribution in [0.5, 0.6) is 0 Å². The SMILES string of the molecule is CC(NC1CCOC1)c1ccc(F)c(Cl)c1. The van der Waals surface area contributed by atoms with E-state index < -0.39 is 0 Å². The fourth-order valence-corrected chi connectivity index (χ4v) is 2.09. The lowest BCUT2D eigenvalue weighted by molar-refractivity contribution is 0.188. The maximum absolute atomic E-state index is 13.0. The third-order valence-corrected chi connectivity index (χ3v) is 3.15. The van der Waals surface area contributed by atoms with Gasteiger partial charge in [0.1, 0.15) is 5.82 Å². The smallest absolute Gasteiger partial charge is 0.141 e. The van der Waals surface area contributed by atoms with Crippen molar-refractivity contribution in [2.45, 2.75) is 25.4 Å². The lowest BCUT2D eigenvalue weighted by atomic mass is 10.1. The molecule has 1 N–H and O–H groups in total. The van der Waals surface area contributed by atoms with Crippen LogP contribution in [0.25, 0.3) is 0 Å². The van der Waals surface area contributed by atoms with Gasteiger partial charge in [-0.05, 0) is 31.0 Å². The number of nitrogens with one attached hydrogen (secondary N) is 1. The van der Waals surface area contributed by atoms with Gasteiger partial charge in [0, 0.05) is 18.7 Å². The molecule has 88 valence electrons. The van der Waals surface area contributed by atoms with Crippen LogP contribution in [-0.4, -0.2) is 19.3 Å². The van der Waals surface area contributed by atoms with Gasteiger partial charge in [-0.25, -0.2) is 4.39 Å². The second kappa shape index (κ2) is 5.13. The van der Waals surface area contributed by atoms with Crippen LogP contribution in [0.15, 0.2) is 18.2 Å². The van der Waals surface area contributed by atoms with E-state index in [1.807, 2.05) is 6.92 Å². The highest BCUT2D eigenvalue weighted by molar-refractivity contribution is 6.30. The highest BCUT2D eigenvalue weighted by Gasteiger charge is 2.18. The van der Waals surface area contributed by atoms with E-state index in [0.717, 1.165) is 25.2 Å². The minimum atomic E-state index is -0.373. The summed E-state index contributed by atoms with van der Waals surface area (Å²) in [7, 11) is 0. The van der Waals surface area contributed by atoms with Crippen LogP contribution in [0.2, 0.25) is 5.02 Å². The lowest BCUT2D eigenvalue weighted by Gasteiger charge is -2.18. The standard InChI is InChI=1S/C12H15ClFNO/c1-8(15-10-4-5-16-7-10)9-2-3-12(14)11(13)6-9/h2-3,6,8,10,15H,4-5,7H2,1H3. The number of halogens is 2. The van der Waals surface area contributed by atoms with E-state index in [1.165, 1.54) is 6.07 Å². The molecule has 1 aromatic rings. The van der Waals surface area contributed by atoms with Gasteiger partial charge < -0.3 is 10.1 Å². The van der Waals surface area contributed by atoms with Gasteiger partial charge in [-0.1, -0.05) is 17.7 Å². The van der Waals surface area contributed by atoms with E-state index in [2.05, 4.69) is 5.32 Å². The third-order valence-electron chi connectivity index (χ3n) is 2.86. The summed E-state index contributed by atoms with van der Waals surface area (Å²) in [6, 6.07) is 5.38. The fourth-order valence-electron chi connectivity index (χ4n) is 1.90. The van der Waals surface area contributed by atoms with E-state index in [0.29, 0.717) is 6.04 Å². The first kappa shape index (κ1) is 11.8. The maximum Gasteiger partial charge on any atom is 0.141 e. The molecule has 1 aromatic carbocycles. The Balaban J connectivity index is 2.02. The summed E-state index contributed by atoms with van der Waals surface area (Å²) < 4.78 is 18.3. The molecule has 0 aliphatic carbocycles. The predicted molar refractivity (Wildman–Crippen MR) is 62.2 cm³/mol. The van der Waals surface area contributed by atoms with Crippen molar-refractivity contribution in [3.8, 4) is 0 Å². The molecule has 0 saturated carbocycles. The summed E-state index contributed by atoms with van der Waals surface area (Å²) in [5, 5.41) is 3.61. The van der Waals surface area contributed by atoms with E-state index in [-0.39, 0.29) is 16.9 Å². The van der Waals surface area contributed by atoms with Gasteiger partial charge in [-0.15, -0.1) is 0 Å². The summed E-state index contributed by atoms with van der Waals surface area (Å²) in [4.78, 5) is 0. The van der Waals surface area contributed by atoms with Crippen molar-refractivity contribution < 1.29 is 9.13 Å². The van der Waals surface area contributed by atoms with Gasteiger partial charge >= 0.3 is 0 Å². The minimum Gasteiger partial charge on any atom is -0.380 e. The van der Waals surface area contributed by atoms with Crippen LogP contribution in [-0.2, 0) is 4.74 Å². The van der Waals surface area contributed by atoms with Crippen LogP contribution >= 0.6 is 11.6 Å². The Morgan fingerprint density at radius 2 is 2.38 bits per heavy atom. The second-order valence-electron chi connectivity index (χ2n) is 4.12. The van der Waals surface area contributed by atoms with E-state index in [9.17, 15) is 4.39 Å². The normalized spacial score (nSPS) is 22.3. The minimum absolute atomic E-state index is 0.157. The predicted octanol–water partition coefficient (Wildman–Crippen LogP) is 2.92. The monoisotopic (exact) mass is 243 g/mol. The van der Waals surface area contributed by atoms with Crippen LogP contribution in [0.4, 0.5) is 4.39 Å². The van der Waals surface area contributed by atoms with Gasteiger partial charge in [0.15, 0.2) is 0 Å². The maximum atomic E-state index is 13.0. The Morgan fingerprint density at radius 3 is 3.00 bits per heavy atom. The Morgan fingerprint density at radius 1 is 1.56 bits per heavy atom. The molecule has 4 heteroatoms. The van der Waals surface area contributed by atoms with Gasteiger partial charge in [-0.2, -0.15) is 0 Å². The molecule has 0 radical (unpaired) electrons. The Hall–Kier alpha value is -0.640. The van der Waals surface area contributed by atoms with Crippen LogP contribution < -0.4 is 5.32 Å². The molecule has 2 atom stereocenters. The van der Waals surface area contributed by atoms with E-state index >= 15 is 0 Å². The Bertz CT molecular complexity index is 366. The van der Waals surface area contributed by atoms with Crippen molar-refractivity contribution in [2.24, 2.45) is 0 Å². The average molecular weight is 244 g/mol. The number of rotatable bonds is 3. The van der Waals surface area contributed by atoms with Crippen LogP contribution in [0, 0.1) is 5.82 Å². The summed E-state index contributed by atoms with van der Waals surface area (Å²) in [6.07, 6.45) is 1.03. The quantitative estimate of drug-likeness (QED) is 0.882. The molecule has 16 heavy (non-hydrogen) atoms. The summed E-state index contributed by atoms with van der Waals surface area (Å²) in [6.45, 7) is 3.61. The van der Waals surface area contributed by atoms with Crippen LogP contribution in [0.3, 0.4) is 0 Å². The van der Waals surface area contributed by atoms with Crippen molar-refractivity contribution in [3.05, 3.63) is 34.6 Å². The number of hydrogen-bond acceptors (Lipinski definition) is 2. The number of ether oxygens (including phenoxy) is 1. The van der Waals surface area contributed by atoms with Crippen molar-refractivity contribution in [1.29, 1.82) is 0 Å². The second-order valence-corrected chi connectivity index (χ2v) is 4.53. The number of benzene rings is 1. The van der Waals surface area contributed by atoms with Gasteiger partial charge in [0.2, 0.25) is 0 Å². The van der Waals surface area contributed by atoms with Crippen molar-refractivity contribution >= 4 is 11.6 Å². The molecule has 2 rings (SSSR count). The van der Waals surface area contributed by atoms with Crippen molar-refractivity contribution in [3.63, 3.8) is 0 Å². The molecular weight excluding hydrogens is 229 g/mol. The van der Waals surface area contributed by atoms with Crippen molar-refractivity contribution in [2.75, 3.05) is 13.2 Å². The summed E-state index contributed by atoms with van der Waals surface area (Å²) >= 11 is 5.75. The lowest BCUT2D eigenvalue weighted by Crippen LogP contribution is -2.31. The first-order valence-corrected chi connectivity index (χ1v) is 5.83. The highest BCUT2D eigenvalue weighted by atomic mass is 35.5. The molecule has 1 aliphatic rings. The summed E-state index contributed by atoms with van der Waals surface area (Å²) in [5.74, 6) is -0.373. The molecule has 2 unspecified atom stereocenters. The van der Waals surface area contributed by atoms with Gasteiger partial charge in [-0.3, -0.25) is 0 Å².